The van der Waals surface area contributed by atoms with Crippen LogP contribution in [0.3, 0.4) is 0 Å². The maximum Gasteiger partial charge on any atom is 0.323 e. The molecule has 1 saturated heterocycles. The van der Waals surface area contributed by atoms with Crippen LogP contribution in [0.15, 0.2) is 0 Å². The zero-order chi connectivity index (χ0) is 13.3. The van der Waals surface area contributed by atoms with E-state index in [-0.39, 0.29) is 23.5 Å². The Morgan fingerprint density at radius 3 is 2.61 bits per heavy atom. The van der Waals surface area contributed by atoms with Crippen molar-refractivity contribution < 1.29 is 14.6 Å². The SMILES string of the molecule is CC1CC(OC(=O)[C@H]2C[C@@H](O)CN2)CC(C)(C)C1. The molecule has 2 unspecified atom stereocenters. The van der Waals surface area contributed by atoms with Gasteiger partial charge in [0.15, 0.2) is 0 Å². The summed E-state index contributed by atoms with van der Waals surface area (Å²) in [6.45, 7) is 7.19. The lowest BCUT2D eigenvalue weighted by molar-refractivity contribution is -0.155. The number of esters is 1. The monoisotopic (exact) mass is 255 g/mol. The van der Waals surface area contributed by atoms with Gasteiger partial charge in [-0.1, -0.05) is 20.8 Å². The van der Waals surface area contributed by atoms with Gasteiger partial charge in [0.25, 0.3) is 0 Å². The number of hydrogen-bond acceptors (Lipinski definition) is 4. The number of hydrogen-bond donors (Lipinski definition) is 2. The summed E-state index contributed by atoms with van der Waals surface area (Å²) < 4.78 is 5.62. The molecule has 2 aliphatic rings. The fourth-order valence-corrected chi connectivity index (χ4v) is 3.49. The van der Waals surface area contributed by atoms with Crippen molar-refractivity contribution in [2.75, 3.05) is 6.54 Å². The van der Waals surface area contributed by atoms with Crippen LogP contribution < -0.4 is 5.32 Å². The lowest BCUT2D eigenvalue weighted by Gasteiger charge is -2.38. The zero-order valence-electron chi connectivity index (χ0n) is 11.6. The molecule has 1 saturated carbocycles. The van der Waals surface area contributed by atoms with Gasteiger partial charge in [-0.2, -0.15) is 0 Å². The topological polar surface area (TPSA) is 58.6 Å². The van der Waals surface area contributed by atoms with E-state index < -0.39 is 6.10 Å². The Morgan fingerprint density at radius 1 is 1.33 bits per heavy atom. The predicted molar refractivity (Wildman–Crippen MR) is 69.1 cm³/mol. The summed E-state index contributed by atoms with van der Waals surface area (Å²) >= 11 is 0. The highest BCUT2D eigenvalue weighted by atomic mass is 16.5. The van der Waals surface area contributed by atoms with Crippen molar-refractivity contribution in [3.8, 4) is 0 Å². The van der Waals surface area contributed by atoms with Gasteiger partial charge in [0.05, 0.1) is 6.10 Å². The number of carbonyl (C=O) groups excluding carboxylic acids is 1. The first-order valence-electron chi connectivity index (χ1n) is 6.98. The standard InChI is InChI=1S/C14H25NO3/c1-9-4-11(7-14(2,3)6-9)18-13(17)12-5-10(16)8-15-12/h9-12,15-16H,4-8H2,1-3H3/t9?,10-,11?,12-/m1/s1. The second-order valence-electron chi connectivity index (χ2n) is 6.82. The molecular weight excluding hydrogens is 230 g/mol. The normalized spacial score (nSPS) is 39.6. The van der Waals surface area contributed by atoms with Gasteiger partial charge in [-0.05, 0) is 30.6 Å². The lowest BCUT2D eigenvalue weighted by Crippen LogP contribution is -2.39. The molecule has 0 amide bonds. The van der Waals surface area contributed by atoms with E-state index in [0.717, 1.165) is 12.8 Å². The van der Waals surface area contributed by atoms with Crippen LogP contribution in [-0.4, -0.2) is 35.9 Å². The summed E-state index contributed by atoms with van der Waals surface area (Å²) in [5.74, 6) is 0.412. The minimum atomic E-state index is -0.413. The molecule has 4 atom stereocenters. The van der Waals surface area contributed by atoms with Crippen molar-refractivity contribution in [2.24, 2.45) is 11.3 Å². The highest BCUT2D eigenvalue weighted by Crippen LogP contribution is 2.39. The van der Waals surface area contributed by atoms with Crippen LogP contribution in [0.4, 0.5) is 0 Å². The number of ether oxygens (including phenoxy) is 1. The van der Waals surface area contributed by atoms with E-state index >= 15 is 0 Å². The van der Waals surface area contributed by atoms with Crippen LogP contribution in [0.25, 0.3) is 0 Å². The van der Waals surface area contributed by atoms with Gasteiger partial charge in [0.1, 0.15) is 12.1 Å². The molecule has 2 N–H and O–H groups in total. The fraction of sp³-hybridized carbons (Fsp3) is 0.929. The van der Waals surface area contributed by atoms with Crippen molar-refractivity contribution in [1.82, 2.24) is 5.32 Å². The molecule has 1 aliphatic heterocycles. The van der Waals surface area contributed by atoms with Crippen LogP contribution >= 0.6 is 0 Å². The molecule has 104 valence electrons. The highest BCUT2D eigenvalue weighted by Gasteiger charge is 2.36. The molecule has 18 heavy (non-hydrogen) atoms. The number of nitrogens with one attached hydrogen (secondary N) is 1. The largest absolute Gasteiger partial charge is 0.461 e. The zero-order valence-corrected chi connectivity index (χ0v) is 11.6. The maximum atomic E-state index is 12.0. The molecule has 2 rings (SSSR count). The Kier molecular flexibility index (Phi) is 3.97. The van der Waals surface area contributed by atoms with Crippen LogP contribution in [-0.2, 0) is 9.53 Å². The number of aliphatic hydroxyl groups is 1. The fourth-order valence-electron chi connectivity index (χ4n) is 3.49. The minimum Gasteiger partial charge on any atom is -0.461 e. The second kappa shape index (κ2) is 5.17. The van der Waals surface area contributed by atoms with Gasteiger partial charge in [-0.3, -0.25) is 4.79 Å². The molecule has 4 nitrogen and oxygen atoms in total. The van der Waals surface area contributed by atoms with Crippen molar-refractivity contribution >= 4 is 5.97 Å². The van der Waals surface area contributed by atoms with Crippen molar-refractivity contribution in [2.45, 2.75) is 64.7 Å². The van der Waals surface area contributed by atoms with E-state index in [4.69, 9.17) is 4.74 Å². The Morgan fingerprint density at radius 2 is 2.06 bits per heavy atom. The molecule has 1 aliphatic carbocycles. The number of carbonyl (C=O) groups is 1. The summed E-state index contributed by atoms with van der Waals surface area (Å²) in [4.78, 5) is 12.0. The van der Waals surface area contributed by atoms with E-state index in [9.17, 15) is 9.90 Å². The summed E-state index contributed by atoms with van der Waals surface area (Å²) in [5, 5.41) is 12.4. The molecule has 0 spiro atoms. The Bertz CT molecular complexity index is 316. The average molecular weight is 255 g/mol. The Hall–Kier alpha value is -0.610. The third-order valence-corrected chi connectivity index (χ3v) is 4.02. The molecule has 4 heteroatoms. The van der Waals surface area contributed by atoms with Gasteiger partial charge in [-0.25, -0.2) is 0 Å². The number of β-amino-alcohol motifs (C(OH)–C–C–N with tert-alkyl or cyclic N) is 1. The van der Waals surface area contributed by atoms with Crippen LogP contribution in [0.1, 0.15) is 46.5 Å². The van der Waals surface area contributed by atoms with E-state index in [1.807, 2.05) is 0 Å². The van der Waals surface area contributed by atoms with Gasteiger partial charge in [0, 0.05) is 13.0 Å². The molecule has 0 aromatic carbocycles. The first-order valence-corrected chi connectivity index (χ1v) is 6.98. The maximum absolute atomic E-state index is 12.0. The summed E-state index contributed by atoms with van der Waals surface area (Å²) in [7, 11) is 0. The van der Waals surface area contributed by atoms with E-state index in [1.54, 1.807) is 0 Å². The third kappa shape index (κ3) is 3.45. The lowest BCUT2D eigenvalue weighted by atomic mass is 9.71. The minimum absolute atomic E-state index is 0.0378. The highest BCUT2D eigenvalue weighted by molar-refractivity contribution is 5.76. The van der Waals surface area contributed by atoms with Gasteiger partial charge in [-0.15, -0.1) is 0 Å². The van der Waals surface area contributed by atoms with Crippen LogP contribution in [0.2, 0.25) is 0 Å². The predicted octanol–water partition coefficient (Wildman–Crippen LogP) is 1.47. The molecule has 2 fully saturated rings. The molecule has 0 bridgehead atoms. The van der Waals surface area contributed by atoms with Gasteiger partial charge >= 0.3 is 5.97 Å². The van der Waals surface area contributed by atoms with Crippen molar-refractivity contribution in [1.29, 1.82) is 0 Å². The smallest absolute Gasteiger partial charge is 0.323 e. The Balaban J connectivity index is 1.87. The van der Waals surface area contributed by atoms with E-state index in [0.29, 0.717) is 18.9 Å². The molecule has 0 aromatic rings. The van der Waals surface area contributed by atoms with E-state index in [2.05, 4.69) is 26.1 Å². The molecule has 1 heterocycles. The average Bonchev–Trinajstić information content (AvgIpc) is 2.61. The number of aliphatic hydroxyl groups excluding tert-OH is 1. The first-order chi connectivity index (χ1) is 8.35. The van der Waals surface area contributed by atoms with Gasteiger partial charge in [0.2, 0.25) is 0 Å². The summed E-state index contributed by atoms with van der Waals surface area (Å²) in [6.07, 6.45) is 3.20. The first kappa shape index (κ1) is 13.8. The molecular formula is C14H25NO3. The third-order valence-electron chi connectivity index (χ3n) is 4.02. The van der Waals surface area contributed by atoms with Crippen molar-refractivity contribution in [3.05, 3.63) is 0 Å². The van der Waals surface area contributed by atoms with Crippen molar-refractivity contribution in [3.63, 3.8) is 0 Å². The molecule has 0 radical (unpaired) electrons. The van der Waals surface area contributed by atoms with Gasteiger partial charge < -0.3 is 15.2 Å². The second-order valence-corrected chi connectivity index (χ2v) is 6.82. The number of rotatable bonds is 2. The summed E-state index contributed by atoms with van der Waals surface area (Å²) in [6, 6.07) is -0.319. The molecule has 0 aromatic heterocycles. The van der Waals surface area contributed by atoms with Crippen LogP contribution in [0, 0.1) is 11.3 Å². The van der Waals surface area contributed by atoms with E-state index in [1.165, 1.54) is 6.42 Å². The Labute approximate surface area is 109 Å². The summed E-state index contributed by atoms with van der Waals surface area (Å²) in [5.41, 5.74) is 0.255. The van der Waals surface area contributed by atoms with Crippen LogP contribution in [0.5, 0.6) is 0 Å². The quantitative estimate of drug-likeness (QED) is 0.734.